The Labute approximate surface area is 170 Å². The first-order valence-electron chi connectivity index (χ1n) is 9.29. The van der Waals surface area contributed by atoms with Gasteiger partial charge in [-0.05, 0) is 41.0 Å². The Balaban J connectivity index is 1.61. The molecule has 1 aliphatic heterocycles. The molecular formula is C25H22N2S. The van der Waals surface area contributed by atoms with E-state index in [-0.39, 0.29) is 5.41 Å². The molecule has 1 aliphatic rings. The van der Waals surface area contributed by atoms with Gasteiger partial charge in [-0.3, -0.25) is 0 Å². The maximum atomic E-state index is 8.45. The largest absolute Gasteiger partial charge is 0.300 e. The SMILES string of the molecule is CC1(C)c2ccccc2Sc2cc(C(=N)/C=C\C(=N)c3ccccc3)ccc21. The van der Waals surface area contributed by atoms with Crippen LogP contribution in [0.1, 0.15) is 36.1 Å². The van der Waals surface area contributed by atoms with Crippen molar-refractivity contribution in [2.24, 2.45) is 0 Å². The molecule has 28 heavy (non-hydrogen) atoms. The highest BCUT2D eigenvalue weighted by atomic mass is 32.2. The molecule has 0 saturated carbocycles. The predicted octanol–water partition coefficient (Wildman–Crippen LogP) is 6.47. The fraction of sp³-hybridized carbons (Fsp3) is 0.120. The molecule has 0 amide bonds. The lowest BCUT2D eigenvalue weighted by Crippen LogP contribution is -2.23. The number of rotatable bonds is 4. The van der Waals surface area contributed by atoms with Gasteiger partial charge in [-0.1, -0.05) is 86.3 Å². The monoisotopic (exact) mass is 382 g/mol. The first-order valence-corrected chi connectivity index (χ1v) is 10.1. The van der Waals surface area contributed by atoms with E-state index >= 15 is 0 Å². The zero-order valence-corrected chi connectivity index (χ0v) is 16.8. The Hall–Kier alpha value is -2.91. The van der Waals surface area contributed by atoms with Crippen molar-refractivity contribution in [1.82, 2.24) is 0 Å². The summed E-state index contributed by atoms with van der Waals surface area (Å²) in [5.74, 6) is 0. The predicted molar refractivity (Wildman–Crippen MR) is 118 cm³/mol. The standard InChI is InChI=1S/C25H22N2S/c1-25(2)19-10-6-7-11-23(19)28-24-16-18(12-13-20(24)25)22(27)15-14-21(26)17-8-4-3-5-9-17/h3-16,26-27H,1-2H3/b15-14-,26-21?,27-22?. The molecule has 0 unspecified atom stereocenters. The van der Waals surface area contributed by atoms with E-state index in [1.807, 2.05) is 36.4 Å². The van der Waals surface area contributed by atoms with Crippen LogP contribution < -0.4 is 0 Å². The molecule has 1 heterocycles. The van der Waals surface area contributed by atoms with Crippen molar-refractivity contribution in [2.75, 3.05) is 0 Å². The summed E-state index contributed by atoms with van der Waals surface area (Å²) in [5, 5.41) is 16.6. The van der Waals surface area contributed by atoms with Gasteiger partial charge >= 0.3 is 0 Å². The normalized spacial score (nSPS) is 14.4. The van der Waals surface area contributed by atoms with Crippen molar-refractivity contribution in [1.29, 1.82) is 10.8 Å². The van der Waals surface area contributed by atoms with Crippen LogP contribution in [-0.2, 0) is 5.41 Å². The molecule has 138 valence electrons. The zero-order chi connectivity index (χ0) is 19.7. The van der Waals surface area contributed by atoms with Gasteiger partial charge in [0.2, 0.25) is 0 Å². The lowest BCUT2D eigenvalue weighted by Gasteiger charge is -2.34. The van der Waals surface area contributed by atoms with Crippen LogP contribution in [0.3, 0.4) is 0 Å². The first kappa shape index (κ1) is 18.5. The van der Waals surface area contributed by atoms with E-state index in [1.165, 1.54) is 20.9 Å². The number of hydrogen-bond acceptors (Lipinski definition) is 3. The van der Waals surface area contributed by atoms with Gasteiger partial charge in [-0.25, -0.2) is 0 Å². The highest BCUT2D eigenvalue weighted by molar-refractivity contribution is 7.99. The van der Waals surface area contributed by atoms with E-state index in [0.717, 1.165) is 11.1 Å². The number of benzene rings is 3. The van der Waals surface area contributed by atoms with E-state index in [1.54, 1.807) is 23.9 Å². The van der Waals surface area contributed by atoms with E-state index in [4.69, 9.17) is 10.8 Å². The molecule has 0 radical (unpaired) electrons. The summed E-state index contributed by atoms with van der Waals surface area (Å²) in [5.41, 5.74) is 5.15. The molecule has 0 aromatic heterocycles. The van der Waals surface area contributed by atoms with E-state index < -0.39 is 0 Å². The second kappa shape index (κ2) is 7.25. The molecule has 2 nitrogen and oxygen atoms in total. The Morgan fingerprint density at radius 1 is 0.714 bits per heavy atom. The number of nitrogens with one attached hydrogen (secondary N) is 2. The fourth-order valence-electron chi connectivity index (χ4n) is 3.60. The van der Waals surface area contributed by atoms with Gasteiger partial charge < -0.3 is 10.8 Å². The summed E-state index contributed by atoms with van der Waals surface area (Å²) in [7, 11) is 0. The molecular weight excluding hydrogens is 360 g/mol. The third-order valence-corrected chi connectivity index (χ3v) is 6.38. The Morgan fingerprint density at radius 2 is 1.32 bits per heavy atom. The first-order chi connectivity index (χ1) is 13.5. The maximum absolute atomic E-state index is 8.45. The third kappa shape index (κ3) is 3.34. The van der Waals surface area contributed by atoms with E-state index in [9.17, 15) is 0 Å². The second-order valence-corrected chi connectivity index (χ2v) is 8.54. The Kier molecular flexibility index (Phi) is 4.78. The molecule has 0 spiro atoms. The van der Waals surface area contributed by atoms with Gasteiger partial charge in [0.1, 0.15) is 0 Å². The highest BCUT2D eigenvalue weighted by Crippen LogP contribution is 2.49. The van der Waals surface area contributed by atoms with Crippen molar-refractivity contribution in [2.45, 2.75) is 29.1 Å². The summed E-state index contributed by atoms with van der Waals surface area (Å²) in [6, 6.07) is 24.4. The Bertz CT molecular complexity index is 1090. The molecule has 0 fully saturated rings. The maximum Gasteiger partial charge on any atom is 0.0613 e. The van der Waals surface area contributed by atoms with Crippen LogP contribution in [0.4, 0.5) is 0 Å². The molecule has 2 N–H and O–H groups in total. The lowest BCUT2D eigenvalue weighted by molar-refractivity contribution is 0.607. The van der Waals surface area contributed by atoms with Gasteiger partial charge in [-0.2, -0.15) is 0 Å². The van der Waals surface area contributed by atoms with Gasteiger partial charge in [-0.15, -0.1) is 0 Å². The van der Waals surface area contributed by atoms with Gasteiger partial charge in [0, 0.05) is 20.8 Å². The number of fused-ring (bicyclic) bond motifs is 2. The molecule has 0 atom stereocenters. The minimum Gasteiger partial charge on any atom is -0.300 e. The molecule has 0 aliphatic carbocycles. The summed E-state index contributed by atoms with van der Waals surface area (Å²) in [6.07, 6.45) is 3.41. The van der Waals surface area contributed by atoms with Crippen molar-refractivity contribution in [3.05, 3.63) is 107 Å². The summed E-state index contributed by atoms with van der Waals surface area (Å²) >= 11 is 1.77. The average Bonchev–Trinajstić information content (AvgIpc) is 2.72. The molecule has 3 heteroatoms. The smallest absolute Gasteiger partial charge is 0.0613 e. The molecule has 3 aromatic rings. The van der Waals surface area contributed by atoms with Crippen LogP contribution in [0.15, 0.2) is 94.7 Å². The third-order valence-electron chi connectivity index (χ3n) is 5.25. The molecule has 3 aromatic carbocycles. The zero-order valence-electron chi connectivity index (χ0n) is 16.0. The van der Waals surface area contributed by atoms with Crippen LogP contribution >= 0.6 is 11.8 Å². The number of allylic oxidation sites excluding steroid dienone is 2. The van der Waals surface area contributed by atoms with E-state index in [0.29, 0.717) is 11.4 Å². The fourth-order valence-corrected chi connectivity index (χ4v) is 5.04. The van der Waals surface area contributed by atoms with Crippen molar-refractivity contribution in [3.8, 4) is 0 Å². The summed E-state index contributed by atoms with van der Waals surface area (Å²) < 4.78 is 0. The minimum absolute atomic E-state index is 0.0524. The highest BCUT2D eigenvalue weighted by Gasteiger charge is 2.32. The van der Waals surface area contributed by atoms with Crippen LogP contribution in [0.25, 0.3) is 0 Å². The topological polar surface area (TPSA) is 47.7 Å². The second-order valence-electron chi connectivity index (χ2n) is 7.46. The number of hydrogen-bond donors (Lipinski definition) is 2. The van der Waals surface area contributed by atoms with Crippen LogP contribution in [0.5, 0.6) is 0 Å². The average molecular weight is 383 g/mol. The quantitative estimate of drug-likeness (QED) is 0.499. The molecule has 0 bridgehead atoms. The Morgan fingerprint density at radius 3 is 2.07 bits per heavy atom. The molecule has 0 saturated heterocycles. The van der Waals surface area contributed by atoms with Crippen molar-refractivity contribution >= 4 is 23.2 Å². The van der Waals surface area contributed by atoms with Crippen molar-refractivity contribution < 1.29 is 0 Å². The van der Waals surface area contributed by atoms with Gasteiger partial charge in [0.15, 0.2) is 0 Å². The summed E-state index contributed by atoms with van der Waals surface area (Å²) in [6.45, 7) is 4.52. The van der Waals surface area contributed by atoms with Gasteiger partial charge in [0.05, 0.1) is 11.4 Å². The van der Waals surface area contributed by atoms with Gasteiger partial charge in [0.25, 0.3) is 0 Å². The van der Waals surface area contributed by atoms with Crippen LogP contribution in [-0.4, -0.2) is 11.4 Å². The van der Waals surface area contributed by atoms with Crippen LogP contribution in [0, 0.1) is 10.8 Å². The lowest BCUT2D eigenvalue weighted by atomic mass is 9.77. The van der Waals surface area contributed by atoms with Crippen molar-refractivity contribution in [3.63, 3.8) is 0 Å². The van der Waals surface area contributed by atoms with Crippen LogP contribution in [0.2, 0.25) is 0 Å². The van der Waals surface area contributed by atoms with E-state index in [2.05, 4.69) is 50.2 Å². The molecule has 4 rings (SSSR count). The minimum atomic E-state index is -0.0524. The summed E-state index contributed by atoms with van der Waals surface area (Å²) in [4.78, 5) is 2.49.